The fraction of sp³-hybridized carbons (Fsp3) is 0.357. The third-order valence-electron chi connectivity index (χ3n) is 3.59. The molecule has 0 bridgehead atoms. The molecule has 1 aromatic carbocycles. The van der Waals surface area contributed by atoms with E-state index in [1.807, 2.05) is 18.2 Å². The highest BCUT2D eigenvalue weighted by Crippen LogP contribution is 2.37. The number of fused-ring (bicyclic) bond motifs is 1. The zero-order valence-corrected chi connectivity index (χ0v) is 11.3. The summed E-state index contributed by atoms with van der Waals surface area (Å²) >= 11 is 0. The molecule has 2 N–H and O–H groups in total. The number of aromatic amines is 1. The van der Waals surface area contributed by atoms with Crippen LogP contribution in [0.25, 0.3) is 0 Å². The number of para-hydroxylation sites is 1. The van der Waals surface area contributed by atoms with E-state index in [0.717, 1.165) is 24.2 Å². The van der Waals surface area contributed by atoms with E-state index >= 15 is 0 Å². The molecule has 108 valence electrons. The summed E-state index contributed by atoms with van der Waals surface area (Å²) < 4.78 is 10.7. The molecule has 2 aliphatic rings. The van der Waals surface area contributed by atoms with Gasteiger partial charge in [-0.1, -0.05) is 12.1 Å². The van der Waals surface area contributed by atoms with Crippen LogP contribution in [0.2, 0.25) is 0 Å². The van der Waals surface area contributed by atoms with Crippen molar-refractivity contribution in [3.05, 3.63) is 35.4 Å². The van der Waals surface area contributed by atoms with Gasteiger partial charge in [0.2, 0.25) is 12.6 Å². The lowest BCUT2D eigenvalue weighted by Gasteiger charge is -2.06. The molecule has 0 unspecified atom stereocenters. The summed E-state index contributed by atoms with van der Waals surface area (Å²) in [5, 5.41) is 9.58. The van der Waals surface area contributed by atoms with E-state index in [0.29, 0.717) is 24.0 Å². The largest absolute Gasteiger partial charge is 0.454 e. The van der Waals surface area contributed by atoms with Crippen molar-refractivity contribution in [1.82, 2.24) is 20.5 Å². The van der Waals surface area contributed by atoms with Crippen LogP contribution in [0.5, 0.6) is 11.5 Å². The molecule has 2 aromatic rings. The second-order valence-corrected chi connectivity index (χ2v) is 5.15. The zero-order valence-electron chi connectivity index (χ0n) is 11.3. The number of rotatable bonds is 4. The van der Waals surface area contributed by atoms with Gasteiger partial charge in [0.05, 0.1) is 0 Å². The molecular formula is C14H14N4O3. The highest BCUT2D eigenvalue weighted by atomic mass is 16.7. The van der Waals surface area contributed by atoms with Crippen LogP contribution in [0, 0.1) is 0 Å². The fourth-order valence-electron chi connectivity index (χ4n) is 2.30. The zero-order chi connectivity index (χ0) is 14.2. The number of aromatic nitrogens is 3. The number of hydrogen-bond acceptors (Lipinski definition) is 5. The lowest BCUT2D eigenvalue weighted by molar-refractivity contribution is 0.0940. The Morgan fingerprint density at radius 2 is 2.29 bits per heavy atom. The van der Waals surface area contributed by atoms with Gasteiger partial charge in [0, 0.05) is 18.0 Å². The average molecular weight is 286 g/mol. The second kappa shape index (κ2) is 4.76. The monoisotopic (exact) mass is 286 g/mol. The number of carbonyl (C=O) groups excluding carboxylic acids is 1. The van der Waals surface area contributed by atoms with Crippen LogP contribution in [0.15, 0.2) is 18.2 Å². The van der Waals surface area contributed by atoms with Crippen LogP contribution in [0.3, 0.4) is 0 Å². The number of ether oxygens (including phenoxy) is 2. The van der Waals surface area contributed by atoms with Crippen molar-refractivity contribution in [3.8, 4) is 11.5 Å². The number of nitrogens with zero attached hydrogens (tertiary/aromatic N) is 2. The number of H-pyrrole nitrogens is 1. The van der Waals surface area contributed by atoms with Gasteiger partial charge in [-0.25, -0.2) is 4.98 Å². The minimum absolute atomic E-state index is 0.182. The van der Waals surface area contributed by atoms with E-state index < -0.39 is 0 Å². The number of carbonyl (C=O) groups is 1. The van der Waals surface area contributed by atoms with Crippen molar-refractivity contribution < 1.29 is 14.3 Å². The predicted octanol–water partition coefficient (Wildman–Crippen LogP) is 1.34. The Morgan fingerprint density at radius 3 is 3.14 bits per heavy atom. The summed E-state index contributed by atoms with van der Waals surface area (Å²) in [4.78, 5) is 16.3. The smallest absolute Gasteiger partial charge is 0.291 e. The van der Waals surface area contributed by atoms with E-state index in [2.05, 4.69) is 20.5 Å². The van der Waals surface area contributed by atoms with Crippen molar-refractivity contribution in [2.24, 2.45) is 0 Å². The van der Waals surface area contributed by atoms with Gasteiger partial charge in [-0.3, -0.25) is 9.89 Å². The van der Waals surface area contributed by atoms with Crippen LogP contribution in [0.1, 0.15) is 40.8 Å². The Bertz CT molecular complexity index is 693. The normalized spacial score (nSPS) is 16.0. The fourth-order valence-corrected chi connectivity index (χ4v) is 2.30. The SMILES string of the molecule is O=C(NCc1cccc2c1OCO2)c1n[nH]c(C2CC2)n1. The van der Waals surface area contributed by atoms with Gasteiger partial charge in [-0.2, -0.15) is 0 Å². The third kappa shape index (κ3) is 2.31. The van der Waals surface area contributed by atoms with Gasteiger partial charge in [-0.15, -0.1) is 5.10 Å². The predicted molar refractivity (Wildman–Crippen MR) is 72.1 cm³/mol. The van der Waals surface area contributed by atoms with Crippen LogP contribution in [-0.4, -0.2) is 27.9 Å². The summed E-state index contributed by atoms with van der Waals surface area (Å²) in [5.41, 5.74) is 0.872. The van der Waals surface area contributed by atoms with E-state index in [9.17, 15) is 4.79 Å². The Balaban J connectivity index is 1.44. The summed E-state index contributed by atoms with van der Waals surface area (Å²) in [5.74, 6) is 2.53. The highest BCUT2D eigenvalue weighted by Gasteiger charge is 2.28. The molecule has 1 amide bonds. The summed E-state index contributed by atoms with van der Waals surface area (Å²) in [6.45, 7) is 0.560. The molecule has 0 spiro atoms. The molecule has 0 radical (unpaired) electrons. The molecule has 1 aliphatic heterocycles. The Kier molecular flexibility index (Phi) is 2.77. The maximum absolute atomic E-state index is 12.0. The topological polar surface area (TPSA) is 89.1 Å². The molecule has 1 saturated carbocycles. The standard InChI is InChI=1S/C14H14N4O3/c19-14(13-16-12(17-18-13)8-4-5-8)15-6-9-2-1-3-10-11(9)21-7-20-10/h1-3,8H,4-7H2,(H,15,19)(H,16,17,18). The minimum Gasteiger partial charge on any atom is -0.454 e. The maximum atomic E-state index is 12.0. The first-order valence-corrected chi connectivity index (χ1v) is 6.89. The van der Waals surface area contributed by atoms with Crippen molar-refractivity contribution in [1.29, 1.82) is 0 Å². The van der Waals surface area contributed by atoms with Gasteiger partial charge in [0.15, 0.2) is 11.5 Å². The first kappa shape index (κ1) is 12.2. The minimum atomic E-state index is -0.297. The molecule has 0 atom stereocenters. The van der Waals surface area contributed by atoms with E-state index in [4.69, 9.17) is 9.47 Å². The van der Waals surface area contributed by atoms with Crippen molar-refractivity contribution >= 4 is 5.91 Å². The highest BCUT2D eigenvalue weighted by molar-refractivity contribution is 5.90. The average Bonchev–Trinajstić information content (AvgIpc) is 3.04. The van der Waals surface area contributed by atoms with Gasteiger partial charge >= 0.3 is 0 Å². The number of nitrogens with one attached hydrogen (secondary N) is 2. The molecule has 21 heavy (non-hydrogen) atoms. The van der Waals surface area contributed by atoms with Crippen LogP contribution in [0.4, 0.5) is 0 Å². The van der Waals surface area contributed by atoms with E-state index in [-0.39, 0.29) is 18.5 Å². The molecule has 7 heteroatoms. The van der Waals surface area contributed by atoms with Crippen molar-refractivity contribution in [2.75, 3.05) is 6.79 Å². The third-order valence-corrected chi connectivity index (χ3v) is 3.59. The first-order valence-electron chi connectivity index (χ1n) is 6.89. The number of benzene rings is 1. The summed E-state index contributed by atoms with van der Waals surface area (Å²) in [7, 11) is 0. The first-order chi connectivity index (χ1) is 10.3. The number of hydrogen-bond donors (Lipinski definition) is 2. The Labute approximate surface area is 120 Å². The molecule has 1 fully saturated rings. The maximum Gasteiger partial charge on any atom is 0.291 e. The van der Waals surface area contributed by atoms with Crippen molar-refractivity contribution in [2.45, 2.75) is 25.3 Å². The molecule has 2 heterocycles. The molecule has 4 rings (SSSR count). The van der Waals surface area contributed by atoms with Gasteiger partial charge in [-0.05, 0) is 18.9 Å². The number of amides is 1. The van der Waals surface area contributed by atoms with Crippen LogP contribution < -0.4 is 14.8 Å². The van der Waals surface area contributed by atoms with Gasteiger partial charge in [0.1, 0.15) is 5.82 Å². The van der Waals surface area contributed by atoms with Gasteiger partial charge < -0.3 is 14.8 Å². The van der Waals surface area contributed by atoms with Crippen molar-refractivity contribution in [3.63, 3.8) is 0 Å². The molecular weight excluding hydrogens is 272 g/mol. The molecule has 1 aromatic heterocycles. The van der Waals surface area contributed by atoms with Gasteiger partial charge in [0.25, 0.3) is 5.91 Å². The summed E-state index contributed by atoms with van der Waals surface area (Å²) in [6, 6.07) is 5.60. The lowest BCUT2D eigenvalue weighted by Crippen LogP contribution is -2.24. The second-order valence-electron chi connectivity index (χ2n) is 5.15. The molecule has 0 saturated heterocycles. The van der Waals surface area contributed by atoms with E-state index in [1.54, 1.807) is 0 Å². The Hall–Kier alpha value is -2.57. The lowest BCUT2D eigenvalue weighted by atomic mass is 10.2. The molecule has 1 aliphatic carbocycles. The Morgan fingerprint density at radius 1 is 1.38 bits per heavy atom. The van der Waals surface area contributed by atoms with Crippen LogP contribution >= 0.6 is 0 Å². The summed E-state index contributed by atoms with van der Waals surface area (Å²) in [6.07, 6.45) is 2.23. The quantitative estimate of drug-likeness (QED) is 0.885. The molecule has 7 nitrogen and oxygen atoms in total. The van der Waals surface area contributed by atoms with Crippen LogP contribution in [-0.2, 0) is 6.54 Å². The van der Waals surface area contributed by atoms with E-state index in [1.165, 1.54) is 0 Å².